The van der Waals surface area contributed by atoms with Gasteiger partial charge < -0.3 is 19.1 Å². The highest BCUT2D eigenvalue weighted by Gasteiger charge is 2.21. The Morgan fingerprint density at radius 1 is 1.63 bits per heavy atom. The maximum Gasteiger partial charge on any atom is 0.335 e. The van der Waals surface area contributed by atoms with Crippen molar-refractivity contribution in [2.45, 2.75) is 19.1 Å². The Kier molecular flexibility index (Phi) is 2.87. The Morgan fingerprint density at radius 3 is 3.00 bits per heavy atom. The first-order chi connectivity index (χ1) is 9.19. The number of rotatable bonds is 4. The Bertz CT molecular complexity index is 631. The zero-order valence-corrected chi connectivity index (χ0v) is 10.5. The van der Waals surface area contributed by atoms with Gasteiger partial charge in [-0.1, -0.05) is 0 Å². The topological polar surface area (TPSA) is 73.6 Å². The van der Waals surface area contributed by atoms with Crippen molar-refractivity contribution in [1.82, 2.24) is 9.55 Å². The van der Waals surface area contributed by atoms with Crippen LogP contribution in [0.25, 0.3) is 11.0 Å². The number of ether oxygens (including phenoxy) is 2. The van der Waals surface area contributed by atoms with E-state index in [0.29, 0.717) is 17.8 Å². The summed E-state index contributed by atoms with van der Waals surface area (Å²) in [5, 5.41) is 9.12. The van der Waals surface area contributed by atoms with Crippen molar-refractivity contribution in [2.75, 3.05) is 13.7 Å². The third kappa shape index (κ3) is 2.04. The summed E-state index contributed by atoms with van der Waals surface area (Å²) in [7, 11) is 1.51. The smallest absolute Gasteiger partial charge is 0.335 e. The van der Waals surface area contributed by atoms with Crippen LogP contribution in [0.5, 0.6) is 5.75 Å². The van der Waals surface area contributed by atoms with Gasteiger partial charge in [0.05, 0.1) is 37.2 Å². The molecule has 1 aliphatic rings. The lowest BCUT2D eigenvalue weighted by Gasteiger charge is -2.26. The molecule has 6 heteroatoms. The molecule has 2 aromatic rings. The SMILES string of the molecule is COc1cc(C(=O)O)cc2c1ncn2CC1CCO1. The fourth-order valence-corrected chi connectivity index (χ4v) is 2.20. The van der Waals surface area contributed by atoms with Gasteiger partial charge in [-0.15, -0.1) is 0 Å². The van der Waals surface area contributed by atoms with E-state index in [1.807, 2.05) is 4.57 Å². The van der Waals surface area contributed by atoms with E-state index in [4.69, 9.17) is 14.6 Å². The second kappa shape index (κ2) is 4.55. The second-order valence-electron chi connectivity index (χ2n) is 4.53. The van der Waals surface area contributed by atoms with Crippen LogP contribution in [-0.2, 0) is 11.3 Å². The number of hydrogen-bond donors (Lipinski definition) is 1. The minimum atomic E-state index is -0.979. The molecule has 0 radical (unpaired) electrons. The van der Waals surface area contributed by atoms with Gasteiger partial charge >= 0.3 is 5.97 Å². The average Bonchev–Trinajstić information content (AvgIpc) is 2.75. The summed E-state index contributed by atoms with van der Waals surface area (Å²) in [5.74, 6) is -0.504. The van der Waals surface area contributed by atoms with Crippen LogP contribution in [0.2, 0.25) is 0 Å². The quantitative estimate of drug-likeness (QED) is 0.904. The lowest BCUT2D eigenvalue weighted by Crippen LogP contribution is -2.30. The van der Waals surface area contributed by atoms with Gasteiger partial charge in [0, 0.05) is 6.61 Å². The third-order valence-electron chi connectivity index (χ3n) is 3.35. The monoisotopic (exact) mass is 262 g/mol. The Morgan fingerprint density at radius 2 is 2.42 bits per heavy atom. The third-order valence-corrected chi connectivity index (χ3v) is 3.35. The minimum absolute atomic E-state index is 0.192. The van der Waals surface area contributed by atoms with Crippen molar-refractivity contribution >= 4 is 17.0 Å². The van der Waals surface area contributed by atoms with Crippen molar-refractivity contribution < 1.29 is 19.4 Å². The number of aromatic carboxylic acids is 1. The summed E-state index contributed by atoms with van der Waals surface area (Å²) >= 11 is 0. The maximum atomic E-state index is 11.1. The van der Waals surface area contributed by atoms with Gasteiger partial charge in [0.1, 0.15) is 11.3 Å². The molecule has 1 N–H and O–H groups in total. The molecule has 1 aromatic carbocycles. The van der Waals surface area contributed by atoms with Crippen molar-refractivity contribution in [3.63, 3.8) is 0 Å². The van der Waals surface area contributed by atoms with Gasteiger partial charge in [0.2, 0.25) is 0 Å². The van der Waals surface area contributed by atoms with E-state index in [1.165, 1.54) is 13.2 Å². The van der Waals surface area contributed by atoms with Crippen LogP contribution in [0.4, 0.5) is 0 Å². The van der Waals surface area contributed by atoms with E-state index in [9.17, 15) is 4.79 Å². The van der Waals surface area contributed by atoms with Gasteiger partial charge in [-0.3, -0.25) is 0 Å². The van der Waals surface area contributed by atoms with E-state index in [-0.39, 0.29) is 11.7 Å². The minimum Gasteiger partial charge on any atom is -0.494 e. The normalized spacial score (nSPS) is 18.3. The summed E-state index contributed by atoms with van der Waals surface area (Å²) in [5.41, 5.74) is 1.62. The van der Waals surface area contributed by atoms with E-state index < -0.39 is 5.97 Å². The number of carbonyl (C=O) groups is 1. The predicted molar refractivity (Wildman–Crippen MR) is 67.6 cm³/mol. The highest BCUT2D eigenvalue weighted by molar-refractivity contribution is 5.95. The zero-order valence-electron chi connectivity index (χ0n) is 10.5. The van der Waals surface area contributed by atoms with E-state index in [1.54, 1.807) is 12.4 Å². The summed E-state index contributed by atoms with van der Waals surface area (Å²) in [6.07, 6.45) is 2.91. The van der Waals surface area contributed by atoms with Crippen molar-refractivity contribution in [3.8, 4) is 5.75 Å². The standard InChI is InChI=1S/C13H14N2O4/c1-18-11-5-8(13(16)17)4-10-12(11)14-7-15(10)6-9-2-3-19-9/h4-5,7,9H,2-3,6H2,1H3,(H,16,17). The maximum absolute atomic E-state index is 11.1. The highest BCUT2D eigenvalue weighted by atomic mass is 16.5. The van der Waals surface area contributed by atoms with E-state index in [0.717, 1.165) is 18.5 Å². The molecule has 0 saturated carbocycles. The molecule has 0 bridgehead atoms. The number of methoxy groups -OCH3 is 1. The molecule has 0 aliphatic carbocycles. The molecule has 0 spiro atoms. The number of nitrogens with zero attached hydrogens (tertiary/aromatic N) is 2. The summed E-state index contributed by atoms with van der Waals surface area (Å²) in [6, 6.07) is 3.10. The first-order valence-electron chi connectivity index (χ1n) is 6.07. The van der Waals surface area contributed by atoms with E-state index in [2.05, 4.69) is 4.98 Å². The second-order valence-corrected chi connectivity index (χ2v) is 4.53. The van der Waals surface area contributed by atoms with Crippen LogP contribution in [0.1, 0.15) is 16.8 Å². The van der Waals surface area contributed by atoms with Gasteiger partial charge in [-0.05, 0) is 18.6 Å². The van der Waals surface area contributed by atoms with Crippen LogP contribution in [0.3, 0.4) is 0 Å². The lowest BCUT2D eigenvalue weighted by molar-refractivity contribution is -0.0586. The van der Waals surface area contributed by atoms with Gasteiger partial charge in [-0.25, -0.2) is 9.78 Å². The summed E-state index contributed by atoms with van der Waals surface area (Å²) in [4.78, 5) is 15.4. The number of hydrogen-bond acceptors (Lipinski definition) is 4. The van der Waals surface area contributed by atoms with Crippen LogP contribution in [0.15, 0.2) is 18.5 Å². The largest absolute Gasteiger partial charge is 0.494 e. The number of aromatic nitrogens is 2. The van der Waals surface area contributed by atoms with Gasteiger partial charge in [0.15, 0.2) is 0 Å². The molecule has 100 valence electrons. The van der Waals surface area contributed by atoms with Crippen LogP contribution < -0.4 is 4.74 Å². The van der Waals surface area contributed by atoms with Gasteiger partial charge in [-0.2, -0.15) is 0 Å². The molecule has 1 unspecified atom stereocenters. The number of benzene rings is 1. The fraction of sp³-hybridized carbons (Fsp3) is 0.385. The molecule has 6 nitrogen and oxygen atoms in total. The molecule has 1 aromatic heterocycles. The number of fused-ring (bicyclic) bond motifs is 1. The molecule has 3 rings (SSSR count). The van der Waals surface area contributed by atoms with Crippen molar-refractivity contribution in [3.05, 3.63) is 24.0 Å². The Hall–Kier alpha value is -2.08. The molecule has 19 heavy (non-hydrogen) atoms. The molecular weight excluding hydrogens is 248 g/mol. The van der Waals surface area contributed by atoms with Crippen LogP contribution >= 0.6 is 0 Å². The van der Waals surface area contributed by atoms with E-state index >= 15 is 0 Å². The van der Waals surface area contributed by atoms with Crippen LogP contribution in [0, 0.1) is 0 Å². The molecule has 1 atom stereocenters. The summed E-state index contributed by atoms with van der Waals surface area (Å²) < 4.78 is 12.5. The first-order valence-corrected chi connectivity index (χ1v) is 6.07. The molecule has 0 amide bonds. The summed E-state index contributed by atoms with van der Waals surface area (Å²) in [6.45, 7) is 1.48. The van der Waals surface area contributed by atoms with Gasteiger partial charge in [0.25, 0.3) is 0 Å². The molecule has 1 aliphatic heterocycles. The van der Waals surface area contributed by atoms with Crippen molar-refractivity contribution in [1.29, 1.82) is 0 Å². The lowest BCUT2D eigenvalue weighted by atomic mass is 10.1. The number of carboxylic acid groups (broad SMARTS) is 1. The highest BCUT2D eigenvalue weighted by Crippen LogP contribution is 2.27. The average molecular weight is 262 g/mol. The first kappa shape index (κ1) is 12.0. The van der Waals surface area contributed by atoms with Crippen molar-refractivity contribution in [2.24, 2.45) is 0 Å². The molecule has 1 saturated heterocycles. The van der Waals surface area contributed by atoms with Crippen LogP contribution in [-0.4, -0.2) is 40.4 Å². The number of imidazole rings is 1. The fourth-order valence-electron chi connectivity index (χ4n) is 2.20. The number of carboxylic acids is 1. The predicted octanol–water partition coefficient (Wildman–Crippen LogP) is 1.53. The Balaban J connectivity index is 2.08. The molecule has 2 heterocycles. The molecule has 1 fully saturated rings. The Labute approximate surface area is 109 Å². The zero-order chi connectivity index (χ0) is 13.4. The molecular formula is C13H14N2O4.